The zero-order chi connectivity index (χ0) is 23.9. The number of hydrogen-bond donors (Lipinski definition) is 2. The van der Waals surface area contributed by atoms with Crippen molar-refractivity contribution in [3.63, 3.8) is 0 Å². The normalized spacial score (nSPS) is 16.4. The van der Waals surface area contributed by atoms with Crippen molar-refractivity contribution >= 4 is 23.7 Å². The molecule has 12 nitrogen and oxygen atoms in total. The topological polar surface area (TPSA) is 149 Å². The van der Waals surface area contributed by atoms with Gasteiger partial charge in [0.15, 0.2) is 0 Å². The number of likely N-dealkylation sites (tertiary alicyclic amines) is 1. The van der Waals surface area contributed by atoms with Crippen LogP contribution >= 0.6 is 0 Å². The molecule has 0 bridgehead atoms. The summed E-state index contributed by atoms with van der Waals surface area (Å²) in [6, 6.07) is 0. The second-order valence-corrected chi connectivity index (χ2v) is 8.75. The van der Waals surface area contributed by atoms with Crippen molar-refractivity contribution in [1.82, 2.24) is 25.1 Å². The summed E-state index contributed by atoms with van der Waals surface area (Å²) in [6.45, 7) is 8.65. The molecule has 0 aromatic carbocycles. The SMILES string of the molecule is Cc1nc([N+](=O)[O-])cn1CCC(=O)N1CCCC(C(=O)NCCNC(=O)OC(C)(C)C)C1. The van der Waals surface area contributed by atoms with E-state index in [-0.39, 0.29) is 49.6 Å². The molecule has 1 unspecified atom stereocenters. The number of nitrogens with zero attached hydrogens (tertiary/aromatic N) is 4. The maximum Gasteiger partial charge on any atom is 0.407 e. The lowest BCUT2D eigenvalue weighted by atomic mass is 9.97. The number of aryl methyl sites for hydroxylation is 2. The second kappa shape index (κ2) is 10.9. The number of rotatable bonds is 8. The van der Waals surface area contributed by atoms with Crippen LogP contribution in [0.25, 0.3) is 0 Å². The minimum absolute atomic E-state index is 0.107. The molecule has 1 aromatic heterocycles. The van der Waals surface area contributed by atoms with Crippen molar-refractivity contribution in [2.24, 2.45) is 5.92 Å². The molecule has 0 spiro atoms. The Hall–Kier alpha value is -3.18. The van der Waals surface area contributed by atoms with Gasteiger partial charge in [-0.05, 0) is 43.5 Å². The van der Waals surface area contributed by atoms with Crippen LogP contribution in [0.3, 0.4) is 0 Å². The third kappa shape index (κ3) is 7.82. The van der Waals surface area contributed by atoms with E-state index in [2.05, 4.69) is 15.6 Å². The standard InChI is InChI=1S/C20H32N6O6/c1-14-23-16(26(30)31)13-24(14)11-7-17(27)25-10-5-6-15(12-25)18(28)21-8-9-22-19(29)32-20(2,3)4/h13,15H,5-12H2,1-4H3,(H,21,28)(H,22,29). The van der Waals surface area contributed by atoms with Gasteiger partial charge < -0.3 is 35.0 Å². The molecule has 1 fully saturated rings. The van der Waals surface area contributed by atoms with E-state index in [1.807, 2.05) is 0 Å². The minimum atomic E-state index is -0.587. The number of ether oxygens (including phenoxy) is 1. The van der Waals surface area contributed by atoms with Crippen LogP contribution in [-0.2, 0) is 20.9 Å². The van der Waals surface area contributed by atoms with Gasteiger partial charge in [-0.1, -0.05) is 0 Å². The molecule has 0 saturated carbocycles. The smallest absolute Gasteiger partial charge is 0.407 e. The molecule has 0 radical (unpaired) electrons. The average Bonchev–Trinajstić information content (AvgIpc) is 3.09. The first-order valence-corrected chi connectivity index (χ1v) is 10.7. The molecule has 1 aromatic rings. The highest BCUT2D eigenvalue weighted by Crippen LogP contribution is 2.18. The summed E-state index contributed by atoms with van der Waals surface area (Å²) >= 11 is 0. The van der Waals surface area contributed by atoms with Gasteiger partial charge in [0.1, 0.15) is 11.8 Å². The summed E-state index contributed by atoms with van der Waals surface area (Å²) in [5.41, 5.74) is -0.587. The van der Waals surface area contributed by atoms with E-state index in [1.165, 1.54) is 6.20 Å². The summed E-state index contributed by atoms with van der Waals surface area (Å²) in [4.78, 5) is 52.4. The number of imidazole rings is 1. The Bertz CT molecular complexity index is 846. The Kier molecular flexibility index (Phi) is 8.56. The second-order valence-electron chi connectivity index (χ2n) is 8.75. The van der Waals surface area contributed by atoms with Crippen LogP contribution < -0.4 is 10.6 Å². The lowest BCUT2D eigenvalue weighted by molar-refractivity contribution is -0.389. The van der Waals surface area contributed by atoms with Crippen LogP contribution in [0.4, 0.5) is 10.6 Å². The Morgan fingerprint density at radius 2 is 1.97 bits per heavy atom. The molecule has 178 valence electrons. The number of aromatic nitrogens is 2. The van der Waals surface area contributed by atoms with Crippen LogP contribution in [0.15, 0.2) is 6.20 Å². The lowest BCUT2D eigenvalue weighted by Crippen LogP contribution is -2.46. The fourth-order valence-electron chi connectivity index (χ4n) is 3.41. The van der Waals surface area contributed by atoms with Crippen LogP contribution in [-0.4, -0.2) is 69.1 Å². The first-order valence-electron chi connectivity index (χ1n) is 10.7. The van der Waals surface area contributed by atoms with Gasteiger partial charge in [0.2, 0.25) is 17.6 Å². The Morgan fingerprint density at radius 3 is 2.59 bits per heavy atom. The lowest BCUT2D eigenvalue weighted by Gasteiger charge is -2.32. The summed E-state index contributed by atoms with van der Waals surface area (Å²) in [5, 5.41) is 16.2. The van der Waals surface area contributed by atoms with Gasteiger partial charge in [-0.15, -0.1) is 0 Å². The van der Waals surface area contributed by atoms with E-state index in [1.54, 1.807) is 37.2 Å². The van der Waals surface area contributed by atoms with E-state index >= 15 is 0 Å². The van der Waals surface area contributed by atoms with Crippen molar-refractivity contribution in [1.29, 1.82) is 0 Å². The molecule has 2 rings (SSSR count). The average molecular weight is 453 g/mol. The van der Waals surface area contributed by atoms with Gasteiger partial charge in [-0.3, -0.25) is 9.59 Å². The maximum absolute atomic E-state index is 12.6. The third-order valence-electron chi connectivity index (χ3n) is 4.95. The number of hydrogen-bond acceptors (Lipinski definition) is 7. The number of alkyl carbamates (subject to hydrolysis) is 1. The molecule has 32 heavy (non-hydrogen) atoms. The Balaban J connectivity index is 1.75. The monoisotopic (exact) mass is 452 g/mol. The predicted octanol–water partition coefficient (Wildman–Crippen LogP) is 1.37. The maximum atomic E-state index is 12.6. The minimum Gasteiger partial charge on any atom is -0.444 e. The molecule has 2 N–H and O–H groups in total. The van der Waals surface area contributed by atoms with E-state index in [4.69, 9.17) is 4.74 Å². The zero-order valence-corrected chi connectivity index (χ0v) is 19.0. The highest BCUT2D eigenvalue weighted by Gasteiger charge is 2.28. The van der Waals surface area contributed by atoms with Gasteiger partial charge >= 0.3 is 11.9 Å². The third-order valence-corrected chi connectivity index (χ3v) is 4.95. The van der Waals surface area contributed by atoms with E-state index in [0.717, 1.165) is 6.42 Å². The molecule has 1 aliphatic heterocycles. The quantitative estimate of drug-likeness (QED) is 0.344. The number of nitrogens with one attached hydrogen (secondary N) is 2. The van der Waals surface area contributed by atoms with Gasteiger partial charge in [-0.25, -0.2) is 4.79 Å². The van der Waals surface area contributed by atoms with Gasteiger partial charge in [0, 0.05) is 46.1 Å². The fraction of sp³-hybridized carbons (Fsp3) is 0.700. The molecule has 0 aliphatic carbocycles. The van der Waals surface area contributed by atoms with Crippen LogP contribution in [0, 0.1) is 23.0 Å². The number of amides is 3. The van der Waals surface area contributed by atoms with Gasteiger partial charge in [0.25, 0.3) is 0 Å². The summed E-state index contributed by atoms with van der Waals surface area (Å²) in [5.74, 6) is -0.351. The largest absolute Gasteiger partial charge is 0.444 e. The molecule has 1 saturated heterocycles. The van der Waals surface area contributed by atoms with Gasteiger partial charge in [-0.2, -0.15) is 0 Å². The fourth-order valence-corrected chi connectivity index (χ4v) is 3.41. The molecule has 3 amide bonds. The first kappa shape index (κ1) is 25.1. The number of nitro groups is 1. The van der Waals surface area contributed by atoms with Crippen molar-refractivity contribution < 1.29 is 24.0 Å². The Morgan fingerprint density at radius 1 is 1.28 bits per heavy atom. The zero-order valence-electron chi connectivity index (χ0n) is 19.0. The highest BCUT2D eigenvalue weighted by molar-refractivity contribution is 5.81. The molecule has 2 heterocycles. The molecular weight excluding hydrogens is 420 g/mol. The van der Waals surface area contributed by atoms with E-state index in [0.29, 0.717) is 25.3 Å². The summed E-state index contributed by atoms with van der Waals surface area (Å²) in [7, 11) is 0. The number of piperidine rings is 1. The molecule has 1 aliphatic rings. The van der Waals surface area contributed by atoms with Crippen molar-refractivity contribution in [2.75, 3.05) is 26.2 Å². The van der Waals surface area contributed by atoms with Crippen molar-refractivity contribution in [3.8, 4) is 0 Å². The van der Waals surface area contributed by atoms with Crippen molar-refractivity contribution in [2.45, 2.75) is 59.1 Å². The Labute approximate surface area is 186 Å². The van der Waals surface area contributed by atoms with Crippen molar-refractivity contribution in [3.05, 3.63) is 22.1 Å². The van der Waals surface area contributed by atoms with Crippen LogP contribution in [0.1, 0.15) is 45.9 Å². The number of carbonyl (C=O) groups is 3. The number of carbonyl (C=O) groups excluding carboxylic acids is 3. The predicted molar refractivity (Wildman–Crippen MR) is 115 cm³/mol. The first-order chi connectivity index (χ1) is 15.0. The molecule has 12 heteroatoms. The highest BCUT2D eigenvalue weighted by atomic mass is 16.6. The van der Waals surface area contributed by atoms with Gasteiger partial charge in [0.05, 0.1) is 5.92 Å². The molecular formula is C20H32N6O6. The van der Waals surface area contributed by atoms with Crippen LogP contribution in [0.5, 0.6) is 0 Å². The van der Waals surface area contributed by atoms with E-state index in [9.17, 15) is 24.5 Å². The van der Waals surface area contributed by atoms with Crippen LogP contribution in [0.2, 0.25) is 0 Å². The molecule has 1 atom stereocenters. The summed E-state index contributed by atoms with van der Waals surface area (Å²) < 4.78 is 6.72. The summed E-state index contributed by atoms with van der Waals surface area (Å²) in [6.07, 6.45) is 2.35. The van der Waals surface area contributed by atoms with E-state index < -0.39 is 16.6 Å².